The van der Waals surface area contributed by atoms with Crippen LogP contribution in [0.5, 0.6) is 5.75 Å². The fraction of sp³-hybridized carbons (Fsp3) is 0.500. The number of likely N-dealkylation sites (tertiary alicyclic amines) is 1. The largest absolute Gasteiger partial charge is 0.487 e. The number of benzene rings is 1. The number of hydrogen-bond acceptors (Lipinski definition) is 5. The van der Waals surface area contributed by atoms with Crippen molar-refractivity contribution in [1.82, 2.24) is 19.7 Å². The second kappa shape index (κ2) is 10.5. The van der Waals surface area contributed by atoms with E-state index in [9.17, 15) is 4.79 Å². The van der Waals surface area contributed by atoms with Crippen LogP contribution in [0.15, 0.2) is 48.7 Å². The van der Waals surface area contributed by atoms with E-state index in [1.807, 2.05) is 29.2 Å². The van der Waals surface area contributed by atoms with Gasteiger partial charge in [0.1, 0.15) is 12.4 Å². The highest BCUT2D eigenvalue weighted by atomic mass is 16.5. The van der Waals surface area contributed by atoms with Gasteiger partial charge in [0.05, 0.1) is 12.2 Å². The zero-order chi connectivity index (χ0) is 20.6. The van der Waals surface area contributed by atoms with Gasteiger partial charge in [-0.15, -0.1) is 0 Å². The second-order valence-corrected chi connectivity index (χ2v) is 8.25. The van der Waals surface area contributed by atoms with E-state index >= 15 is 0 Å². The van der Waals surface area contributed by atoms with E-state index < -0.39 is 0 Å². The van der Waals surface area contributed by atoms with Crippen LogP contribution in [0.1, 0.15) is 30.5 Å². The monoisotopic (exact) mass is 408 g/mol. The van der Waals surface area contributed by atoms with Crippen LogP contribution in [-0.2, 0) is 17.9 Å². The molecule has 0 unspecified atom stereocenters. The third-order valence-corrected chi connectivity index (χ3v) is 5.95. The molecule has 4 rings (SSSR count). The molecule has 2 aliphatic rings. The van der Waals surface area contributed by atoms with Crippen molar-refractivity contribution in [2.45, 2.75) is 32.4 Å². The molecule has 0 radical (unpaired) electrons. The number of carbonyl (C=O) groups is 1. The predicted octanol–water partition coefficient (Wildman–Crippen LogP) is 2.79. The van der Waals surface area contributed by atoms with Crippen LogP contribution in [-0.4, -0.2) is 71.4 Å². The minimum absolute atomic E-state index is 0.306. The molecule has 30 heavy (non-hydrogen) atoms. The van der Waals surface area contributed by atoms with Crippen molar-refractivity contribution in [3.8, 4) is 5.75 Å². The Hall–Kier alpha value is -2.44. The Bertz CT molecular complexity index is 800. The molecular formula is C24H32N4O2. The maximum Gasteiger partial charge on any atom is 0.236 e. The molecular weight excluding hydrogens is 376 g/mol. The fourth-order valence-corrected chi connectivity index (χ4v) is 4.17. The summed E-state index contributed by atoms with van der Waals surface area (Å²) in [7, 11) is 0. The molecule has 0 N–H and O–H groups in total. The van der Waals surface area contributed by atoms with Gasteiger partial charge in [-0.3, -0.25) is 19.6 Å². The normalized spacial score (nSPS) is 18.3. The first kappa shape index (κ1) is 20.8. The Labute approximate surface area is 179 Å². The molecule has 6 nitrogen and oxygen atoms in total. The molecule has 2 aliphatic heterocycles. The van der Waals surface area contributed by atoms with Crippen molar-refractivity contribution in [2.24, 2.45) is 0 Å². The van der Waals surface area contributed by atoms with Crippen molar-refractivity contribution >= 4 is 5.91 Å². The summed E-state index contributed by atoms with van der Waals surface area (Å²) in [5.41, 5.74) is 2.18. The molecule has 3 heterocycles. The van der Waals surface area contributed by atoms with E-state index in [1.165, 1.54) is 12.0 Å². The minimum Gasteiger partial charge on any atom is -0.487 e. The first-order chi connectivity index (χ1) is 14.8. The summed E-state index contributed by atoms with van der Waals surface area (Å²) in [5, 5.41) is 0. The molecule has 1 aromatic carbocycles. The number of ether oxygens (including phenoxy) is 1. The summed E-state index contributed by atoms with van der Waals surface area (Å²) < 4.78 is 5.91. The summed E-state index contributed by atoms with van der Waals surface area (Å²) in [4.78, 5) is 23.6. The van der Waals surface area contributed by atoms with Gasteiger partial charge in [0.25, 0.3) is 0 Å². The first-order valence-corrected chi connectivity index (χ1v) is 11.1. The third kappa shape index (κ3) is 6.03. The maximum atomic E-state index is 12.5. The molecule has 0 atom stereocenters. The Morgan fingerprint density at radius 1 is 0.900 bits per heavy atom. The highest BCUT2D eigenvalue weighted by Crippen LogP contribution is 2.17. The summed E-state index contributed by atoms with van der Waals surface area (Å²) >= 11 is 0. The highest BCUT2D eigenvalue weighted by molar-refractivity contribution is 5.78. The van der Waals surface area contributed by atoms with E-state index in [2.05, 4.69) is 33.0 Å². The van der Waals surface area contributed by atoms with Crippen LogP contribution in [0.4, 0.5) is 0 Å². The molecule has 2 aromatic rings. The Kier molecular flexibility index (Phi) is 7.32. The molecule has 6 heteroatoms. The van der Waals surface area contributed by atoms with Crippen LogP contribution < -0.4 is 4.74 Å². The number of piperidine rings is 1. The lowest BCUT2D eigenvalue weighted by Crippen LogP contribution is -2.50. The average Bonchev–Trinajstić information content (AvgIpc) is 2.80. The molecule has 1 amide bonds. The van der Waals surface area contributed by atoms with Gasteiger partial charge in [0.15, 0.2) is 0 Å². The van der Waals surface area contributed by atoms with E-state index in [-0.39, 0.29) is 0 Å². The number of nitrogens with zero attached hydrogens (tertiary/aromatic N) is 4. The topological polar surface area (TPSA) is 48.9 Å². The number of pyridine rings is 1. The highest BCUT2D eigenvalue weighted by Gasteiger charge is 2.22. The fourth-order valence-electron chi connectivity index (χ4n) is 4.17. The number of carbonyl (C=O) groups excluding carboxylic acids is 1. The predicted molar refractivity (Wildman–Crippen MR) is 117 cm³/mol. The molecule has 160 valence electrons. The molecule has 0 bridgehead atoms. The number of aromatic nitrogens is 1. The van der Waals surface area contributed by atoms with Crippen molar-refractivity contribution in [1.29, 1.82) is 0 Å². The number of piperazine rings is 1. The second-order valence-electron chi connectivity index (χ2n) is 8.25. The van der Waals surface area contributed by atoms with Gasteiger partial charge in [-0.25, -0.2) is 0 Å². The van der Waals surface area contributed by atoms with Crippen molar-refractivity contribution in [3.05, 3.63) is 59.9 Å². The smallest absolute Gasteiger partial charge is 0.236 e. The van der Waals surface area contributed by atoms with Crippen LogP contribution in [0, 0.1) is 0 Å². The molecule has 2 fully saturated rings. The average molecular weight is 409 g/mol. The number of rotatable bonds is 7. The molecule has 0 aliphatic carbocycles. The maximum absolute atomic E-state index is 12.5. The third-order valence-electron chi connectivity index (χ3n) is 5.95. The lowest BCUT2D eigenvalue weighted by atomic mass is 10.1. The summed E-state index contributed by atoms with van der Waals surface area (Å²) in [5.74, 6) is 1.19. The Morgan fingerprint density at radius 3 is 2.47 bits per heavy atom. The Morgan fingerprint density at radius 2 is 1.70 bits per heavy atom. The molecule has 0 spiro atoms. The van der Waals surface area contributed by atoms with Crippen molar-refractivity contribution < 1.29 is 9.53 Å². The standard InChI is InChI=1S/C24H32N4O2/c29-24(28-11-4-1-5-12-28)19-27-15-13-26(14-16-27)18-21-7-6-9-23(17-21)30-20-22-8-2-3-10-25-22/h2-3,6-10,17H,1,4-5,11-16,18-20H2. The quantitative estimate of drug-likeness (QED) is 0.705. The van der Waals surface area contributed by atoms with Gasteiger partial charge in [0, 0.05) is 52.0 Å². The molecule has 1 aromatic heterocycles. The van der Waals surface area contributed by atoms with Gasteiger partial charge >= 0.3 is 0 Å². The zero-order valence-corrected chi connectivity index (χ0v) is 17.7. The van der Waals surface area contributed by atoms with Gasteiger partial charge in [-0.2, -0.15) is 0 Å². The minimum atomic E-state index is 0.306. The van der Waals surface area contributed by atoms with Crippen molar-refractivity contribution in [2.75, 3.05) is 45.8 Å². The van der Waals surface area contributed by atoms with Gasteiger partial charge in [0.2, 0.25) is 5.91 Å². The van der Waals surface area contributed by atoms with Gasteiger partial charge in [-0.05, 0) is 49.1 Å². The van der Waals surface area contributed by atoms with Gasteiger partial charge < -0.3 is 9.64 Å². The number of hydrogen-bond donors (Lipinski definition) is 0. The van der Waals surface area contributed by atoms with E-state index in [0.29, 0.717) is 19.1 Å². The number of amides is 1. The zero-order valence-electron chi connectivity index (χ0n) is 17.7. The van der Waals surface area contributed by atoms with Crippen LogP contribution >= 0.6 is 0 Å². The summed E-state index contributed by atoms with van der Waals surface area (Å²) in [6.07, 6.45) is 5.36. The van der Waals surface area contributed by atoms with Crippen LogP contribution in [0.2, 0.25) is 0 Å². The lowest BCUT2D eigenvalue weighted by Gasteiger charge is -2.36. The van der Waals surface area contributed by atoms with E-state index in [4.69, 9.17) is 4.74 Å². The van der Waals surface area contributed by atoms with Gasteiger partial charge in [-0.1, -0.05) is 18.2 Å². The Balaban J connectivity index is 1.21. The van der Waals surface area contributed by atoms with Crippen LogP contribution in [0.25, 0.3) is 0 Å². The SMILES string of the molecule is O=C(CN1CCN(Cc2cccc(OCc3ccccn3)c2)CC1)N1CCCCC1. The van der Waals surface area contributed by atoms with E-state index in [0.717, 1.165) is 70.1 Å². The first-order valence-electron chi connectivity index (χ1n) is 11.1. The van der Waals surface area contributed by atoms with Crippen molar-refractivity contribution in [3.63, 3.8) is 0 Å². The van der Waals surface area contributed by atoms with E-state index in [1.54, 1.807) is 6.20 Å². The van der Waals surface area contributed by atoms with Crippen LogP contribution in [0.3, 0.4) is 0 Å². The molecule has 2 saturated heterocycles. The lowest BCUT2D eigenvalue weighted by molar-refractivity contribution is -0.133. The summed E-state index contributed by atoms with van der Waals surface area (Å²) in [6.45, 7) is 7.74. The summed E-state index contributed by atoms with van der Waals surface area (Å²) in [6, 6.07) is 14.2. The molecule has 0 saturated carbocycles.